The number of aldehydes is 1. The fraction of sp³-hybridized carbons (Fsp3) is 0.333. The average Bonchev–Trinajstić information content (AvgIpc) is 2.08. The van der Waals surface area contributed by atoms with Gasteiger partial charge in [-0.25, -0.2) is 4.98 Å². The standard InChI is InChI=1S/C9H11NO2/c1-3-12-9-5-4-7(2)10-8(9)6-11/h4-6H,3H2,1-2H3. The molecule has 0 unspecified atom stereocenters. The van der Waals surface area contributed by atoms with E-state index in [2.05, 4.69) is 4.98 Å². The molecule has 0 aliphatic rings. The van der Waals surface area contributed by atoms with Crippen LogP contribution in [0, 0.1) is 6.92 Å². The molecule has 0 saturated heterocycles. The van der Waals surface area contributed by atoms with E-state index in [1.165, 1.54) is 0 Å². The van der Waals surface area contributed by atoms with Crippen LogP contribution in [0.25, 0.3) is 0 Å². The molecule has 0 aromatic carbocycles. The Labute approximate surface area is 71.4 Å². The van der Waals surface area contributed by atoms with Crippen molar-refractivity contribution in [3.8, 4) is 5.75 Å². The van der Waals surface area contributed by atoms with Gasteiger partial charge in [0.1, 0.15) is 11.4 Å². The van der Waals surface area contributed by atoms with Gasteiger partial charge in [0.05, 0.1) is 6.61 Å². The van der Waals surface area contributed by atoms with Gasteiger partial charge in [0.25, 0.3) is 0 Å². The monoisotopic (exact) mass is 165 g/mol. The molecule has 3 heteroatoms. The molecule has 0 radical (unpaired) electrons. The third-order valence-corrected chi connectivity index (χ3v) is 1.44. The summed E-state index contributed by atoms with van der Waals surface area (Å²) in [5.74, 6) is 0.554. The van der Waals surface area contributed by atoms with Crippen LogP contribution < -0.4 is 4.74 Å². The maximum atomic E-state index is 10.5. The van der Waals surface area contributed by atoms with Gasteiger partial charge in [-0.15, -0.1) is 0 Å². The lowest BCUT2D eigenvalue weighted by atomic mass is 10.3. The topological polar surface area (TPSA) is 39.2 Å². The van der Waals surface area contributed by atoms with E-state index in [0.717, 1.165) is 5.69 Å². The highest BCUT2D eigenvalue weighted by Crippen LogP contribution is 2.14. The van der Waals surface area contributed by atoms with Crippen molar-refractivity contribution < 1.29 is 9.53 Å². The smallest absolute Gasteiger partial charge is 0.172 e. The molecule has 1 aromatic heterocycles. The lowest BCUT2D eigenvalue weighted by Crippen LogP contribution is -1.99. The zero-order valence-corrected chi connectivity index (χ0v) is 7.20. The Hall–Kier alpha value is -1.38. The summed E-state index contributed by atoms with van der Waals surface area (Å²) in [6, 6.07) is 3.58. The summed E-state index contributed by atoms with van der Waals surface area (Å²) in [5.41, 5.74) is 1.19. The second-order valence-electron chi connectivity index (χ2n) is 2.39. The molecule has 0 N–H and O–H groups in total. The third-order valence-electron chi connectivity index (χ3n) is 1.44. The molecule has 0 bridgehead atoms. The molecule has 64 valence electrons. The van der Waals surface area contributed by atoms with Crippen LogP contribution >= 0.6 is 0 Å². The molecule has 0 amide bonds. The van der Waals surface area contributed by atoms with Gasteiger partial charge in [0, 0.05) is 5.69 Å². The molecule has 12 heavy (non-hydrogen) atoms. The normalized spacial score (nSPS) is 9.50. The van der Waals surface area contributed by atoms with E-state index < -0.39 is 0 Å². The zero-order valence-electron chi connectivity index (χ0n) is 7.20. The lowest BCUT2D eigenvalue weighted by molar-refractivity contribution is 0.111. The fourth-order valence-corrected chi connectivity index (χ4v) is 0.926. The first kappa shape index (κ1) is 8.71. The zero-order chi connectivity index (χ0) is 8.97. The second kappa shape index (κ2) is 3.85. The molecule has 3 nitrogen and oxygen atoms in total. The minimum Gasteiger partial charge on any atom is -0.491 e. The van der Waals surface area contributed by atoms with E-state index in [4.69, 9.17) is 4.74 Å². The van der Waals surface area contributed by atoms with Crippen molar-refractivity contribution in [2.45, 2.75) is 13.8 Å². The number of aromatic nitrogens is 1. The van der Waals surface area contributed by atoms with Gasteiger partial charge in [0.2, 0.25) is 0 Å². The summed E-state index contributed by atoms with van der Waals surface area (Å²) in [5, 5.41) is 0. The molecule has 0 aliphatic carbocycles. The van der Waals surface area contributed by atoms with Crippen molar-refractivity contribution >= 4 is 6.29 Å². The van der Waals surface area contributed by atoms with Gasteiger partial charge in [0.15, 0.2) is 6.29 Å². The van der Waals surface area contributed by atoms with Crippen LogP contribution in [0.2, 0.25) is 0 Å². The van der Waals surface area contributed by atoms with Crippen LogP contribution in [0.15, 0.2) is 12.1 Å². The largest absolute Gasteiger partial charge is 0.491 e. The van der Waals surface area contributed by atoms with E-state index >= 15 is 0 Å². The molecule has 0 aliphatic heterocycles. The van der Waals surface area contributed by atoms with Gasteiger partial charge in [-0.1, -0.05) is 0 Å². The number of hydrogen-bond acceptors (Lipinski definition) is 3. The number of aryl methyl sites for hydroxylation is 1. The Morgan fingerprint density at radius 2 is 2.33 bits per heavy atom. The van der Waals surface area contributed by atoms with Crippen LogP contribution in [0.3, 0.4) is 0 Å². The summed E-state index contributed by atoms with van der Waals surface area (Å²) in [6.45, 7) is 4.25. The number of carbonyl (C=O) groups is 1. The molecular weight excluding hydrogens is 154 g/mol. The van der Waals surface area contributed by atoms with Crippen molar-refractivity contribution in [2.75, 3.05) is 6.61 Å². The number of hydrogen-bond donors (Lipinski definition) is 0. The Bertz CT molecular complexity index is 284. The predicted octanol–water partition coefficient (Wildman–Crippen LogP) is 1.60. The first-order valence-corrected chi connectivity index (χ1v) is 3.83. The number of nitrogens with zero attached hydrogens (tertiary/aromatic N) is 1. The summed E-state index contributed by atoms with van der Waals surface area (Å²) in [7, 11) is 0. The molecule has 1 aromatic rings. The van der Waals surface area contributed by atoms with Crippen molar-refractivity contribution in [1.29, 1.82) is 0 Å². The predicted molar refractivity (Wildman–Crippen MR) is 45.5 cm³/mol. The van der Waals surface area contributed by atoms with Crippen LogP contribution in [0.1, 0.15) is 23.1 Å². The Morgan fingerprint density at radius 1 is 1.58 bits per heavy atom. The highest BCUT2D eigenvalue weighted by Gasteiger charge is 2.02. The summed E-state index contributed by atoms with van der Waals surface area (Å²) in [6.07, 6.45) is 0.706. The maximum Gasteiger partial charge on any atom is 0.172 e. The van der Waals surface area contributed by atoms with Crippen molar-refractivity contribution in [3.05, 3.63) is 23.5 Å². The van der Waals surface area contributed by atoms with E-state index in [-0.39, 0.29) is 0 Å². The molecule has 0 saturated carbocycles. The average molecular weight is 165 g/mol. The maximum absolute atomic E-state index is 10.5. The van der Waals surface area contributed by atoms with Gasteiger partial charge in [-0.2, -0.15) is 0 Å². The molecule has 0 spiro atoms. The summed E-state index contributed by atoms with van der Waals surface area (Å²) < 4.78 is 5.19. The molecule has 0 fully saturated rings. The highest BCUT2D eigenvalue weighted by atomic mass is 16.5. The Balaban J connectivity index is 3.02. The van der Waals surface area contributed by atoms with E-state index in [9.17, 15) is 4.79 Å². The Morgan fingerprint density at radius 3 is 2.92 bits per heavy atom. The Kier molecular flexibility index (Phi) is 2.80. The first-order chi connectivity index (χ1) is 5.77. The minimum atomic E-state index is 0.372. The highest BCUT2D eigenvalue weighted by molar-refractivity contribution is 5.76. The van der Waals surface area contributed by atoms with E-state index in [1.54, 1.807) is 6.07 Å². The fourth-order valence-electron chi connectivity index (χ4n) is 0.926. The molecule has 1 rings (SSSR count). The number of ether oxygens (including phenoxy) is 1. The third kappa shape index (κ3) is 1.81. The summed E-state index contributed by atoms with van der Waals surface area (Å²) in [4.78, 5) is 14.5. The van der Waals surface area contributed by atoms with E-state index in [0.29, 0.717) is 24.3 Å². The van der Waals surface area contributed by atoms with Crippen molar-refractivity contribution in [1.82, 2.24) is 4.98 Å². The van der Waals surface area contributed by atoms with Gasteiger partial charge in [-0.05, 0) is 26.0 Å². The number of pyridine rings is 1. The van der Waals surface area contributed by atoms with Gasteiger partial charge in [-0.3, -0.25) is 4.79 Å². The van der Waals surface area contributed by atoms with Crippen LogP contribution in [-0.4, -0.2) is 17.9 Å². The van der Waals surface area contributed by atoms with Crippen molar-refractivity contribution in [3.63, 3.8) is 0 Å². The van der Waals surface area contributed by atoms with Gasteiger partial charge >= 0.3 is 0 Å². The summed E-state index contributed by atoms with van der Waals surface area (Å²) >= 11 is 0. The molecule has 1 heterocycles. The van der Waals surface area contributed by atoms with E-state index in [1.807, 2.05) is 19.9 Å². The molecular formula is C9H11NO2. The van der Waals surface area contributed by atoms with Crippen LogP contribution in [-0.2, 0) is 0 Å². The quantitative estimate of drug-likeness (QED) is 0.638. The number of carbonyl (C=O) groups excluding carboxylic acids is 1. The number of rotatable bonds is 3. The van der Waals surface area contributed by atoms with Crippen LogP contribution in [0.5, 0.6) is 5.75 Å². The van der Waals surface area contributed by atoms with Crippen LogP contribution in [0.4, 0.5) is 0 Å². The van der Waals surface area contributed by atoms with Gasteiger partial charge < -0.3 is 4.74 Å². The first-order valence-electron chi connectivity index (χ1n) is 3.83. The lowest BCUT2D eigenvalue weighted by Gasteiger charge is -2.04. The van der Waals surface area contributed by atoms with Crippen molar-refractivity contribution in [2.24, 2.45) is 0 Å². The molecule has 0 atom stereocenters. The SMILES string of the molecule is CCOc1ccc(C)nc1C=O. The second-order valence-corrected chi connectivity index (χ2v) is 2.39. The minimum absolute atomic E-state index is 0.372.